The average molecular weight is 310 g/mol. The van der Waals surface area contributed by atoms with Gasteiger partial charge >= 0.3 is 0 Å². The summed E-state index contributed by atoms with van der Waals surface area (Å²) in [4.78, 5) is 24.5. The van der Waals surface area contributed by atoms with E-state index in [9.17, 15) is 4.79 Å². The van der Waals surface area contributed by atoms with Gasteiger partial charge in [0.2, 0.25) is 5.91 Å². The smallest absolute Gasteiger partial charge is 0.226 e. The Labute approximate surface area is 132 Å². The number of carbonyl (C=O) groups excluding carboxylic acids is 1. The van der Waals surface area contributed by atoms with Crippen LogP contribution in [0.2, 0.25) is 0 Å². The summed E-state index contributed by atoms with van der Waals surface area (Å²) in [6, 6.07) is 7.59. The topological polar surface area (TPSA) is 67.8 Å². The zero-order valence-electron chi connectivity index (χ0n) is 11.8. The number of nitrogens with one attached hydrogen (secondary N) is 1. The van der Waals surface area contributed by atoms with E-state index in [1.54, 1.807) is 24.8 Å². The van der Waals surface area contributed by atoms with Crippen LogP contribution in [0.1, 0.15) is 11.3 Å². The van der Waals surface area contributed by atoms with Gasteiger partial charge in [-0.3, -0.25) is 14.8 Å². The van der Waals surface area contributed by atoms with Gasteiger partial charge in [0.05, 0.1) is 12.1 Å². The fourth-order valence-electron chi connectivity index (χ4n) is 1.95. The number of rotatable bonds is 5. The van der Waals surface area contributed by atoms with Gasteiger partial charge in [-0.1, -0.05) is 6.07 Å². The van der Waals surface area contributed by atoms with Gasteiger partial charge in [0, 0.05) is 42.3 Å². The Bertz CT molecular complexity index is 743. The molecule has 0 fully saturated rings. The highest BCUT2D eigenvalue weighted by Crippen LogP contribution is 2.22. The van der Waals surface area contributed by atoms with E-state index < -0.39 is 0 Å². The van der Waals surface area contributed by atoms with Crippen LogP contribution in [0.25, 0.3) is 10.6 Å². The number of pyridine rings is 2. The largest absolute Gasteiger partial charge is 0.352 e. The maximum Gasteiger partial charge on any atom is 0.226 e. The monoisotopic (exact) mass is 310 g/mol. The molecule has 0 aliphatic heterocycles. The third-order valence-corrected chi connectivity index (χ3v) is 3.97. The first-order valence-electron chi connectivity index (χ1n) is 6.81. The van der Waals surface area contributed by atoms with Crippen LogP contribution in [0.3, 0.4) is 0 Å². The van der Waals surface area contributed by atoms with E-state index in [0.717, 1.165) is 21.8 Å². The molecular weight excluding hydrogens is 296 g/mol. The summed E-state index contributed by atoms with van der Waals surface area (Å²) in [6.07, 6.45) is 7.20. The van der Waals surface area contributed by atoms with Crippen LogP contribution >= 0.6 is 11.3 Å². The minimum atomic E-state index is -0.0459. The highest BCUT2D eigenvalue weighted by molar-refractivity contribution is 7.13. The summed E-state index contributed by atoms with van der Waals surface area (Å²) in [6.45, 7) is 0.480. The van der Waals surface area contributed by atoms with E-state index in [-0.39, 0.29) is 12.3 Å². The number of nitrogens with zero attached hydrogens (tertiary/aromatic N) is 3. The molecule has 3 aromatic heterocycles. The van der Waals surface area contributed by atoms with E-state index in [0.29, 0.717) is 6.54 Å². The first kappa shape index (κ1) is 14.3. The summed E-state index contributed by atoms with van der Waals surface area (Å²) in [5.41, 5.74) is 2.77. The molecule has 0 saturated carbocycles. The molecule has 0 radical (unpaired) electrons. The second kappa shape index (κ2) is 6.91. The van der Waals surface area contributed by atoms with Crippen molar-refractivity contribution in [2.24, 2.45) is 0 Å². The lowest BCUT2D eigenvalue weighted by molar-refractivity contribution is -0.120. The van der Waals surface area contributed by atoms with E-state index in [1.807, 2.05) is 29.6 Å². The predicted octanol–water partition coefficient (Wildman–Crippen LogP) is 2.46. The Morgan fingerprint density at radius 1 is 1.14 bits per heavy atom. The Morgan fingerprint density at radius 3 is 2.77 bits per heavy atom. The number of carbonyl (C=O) groups is 1. The molecule has 1 amide bonds. The molecule has 3 aromatic rings. The molecule has 0 aliphatic rings. The van der Waals surface area contributed by atoms with Crippen molar-refractivity contribution in [1.29, 1.82) is 0 Å². The molecule has 0 aromatic carbocycles. The third-order valence-electron chi connectivity index (χ3n) is 3.03. The molecule has 110 valence electrons. The number of hydrogen-bond donors (Lipinski definition) is 1. The quantitative estimate of drug-likeness (QED) is 0.786. The van der Waals surface area contributed by atoms with Gasteiger partial charge in [-0.2, -0.15) is 0 Å². The van der Waals surface area contributed by atoms with Crippen LogP contribution < -0.4 is 5.32 Å². The summed E-state index contributed by atoms with van der Waals surface area (Å²) < 4.78 is 0. The predicted molar refractivity (Wildman–Crippen MR) is 85.1 cm³/mol. The maximum atomic E-state index is 12.0. The molecule has 5 nitrogen and oxygen atoms in total. The summed E-state index contributed by atoms with van der Waals surface area (Å²) in [5, 5.41) is 5.69. The maximum absolute atomic E-state index is 12.0. The van der Waals surface area contributed by atoms with Crippen LogP contribution in [-0.4, -0.2) is 20.9 Å². The van der Waals surface area contributed by atoms with Crippen molar-refractivity contribution in [2.45, 2.75) is 13.0 Å². The standard InChI is InChI=1S/C16H14N4OS/c21-15(19-10-12-2-1-5-18-9-12)8-14-11-22-16(20-14)13-3-6-17-7-4-13/h1-7,9,11H,8,10H2,(H,19,21). The van der Waals surface area contributed by atoms with Crippen LogP contribution in [0, 0.1) is 0 Å². The van der Waals surface area contributed by atoms with Crippen molar-refractivity contribution in [2.75, 3.05) is 0 Å². The van der Waals surface area contributed by atoms with Gasteiger partial charge in [-0.05, 0) is 23.8 Å². The Hall–Kier alpha value is -2.60. The van der Waals surface area contributed by atoms with Crippen LogP contribution in [0.5, 0.6) is 0 Å². The summed E-state index contributed by atoms with van der Waals surface area (Å²) in [5.74, 6) is -0.0459. The summed E-state index contributed by atoms with van der Waals surface area (Å²) in [7, 11) is 0. The highest BCUT2D eigenvalue weighted by Gasteiger charge is 2.08. The zero-order valence-corrected chi connectivity index (χ0v) is 12.6. The molecule has 3 rings (SSSR count). The average Bonchev–Trinajstić information content (AvgIpc) is 3.03. The van der Waals surface area contributed by atoms with E-state index in [4.69, 9.17) is 0 Å². The molecular formula is C16H14N4OS. The van der Waals surface area contributed by atoms with Gasteiger partial charge in [-0.15, -0.1) is 11.3 Å². The third kappa shape index (κ3) is 3.73. The van der Waals surface area contributed by atoms with Gasteiger partial charge < -0.3 is 5.32 Å². The Kier molecular flexibility index (Phi) is 4.50. The lowest BCUT2D eigenvalue weighted by Crippen LogP contribution is -2.24. The highest BCUT2D eigenvalue weighted by atomic mass is 32.1. The number of thiazole rings is 1. The molecule has 0 aliphatic carbocycles. The minimum absolute atomic E-state index is 0.0459. The molecule has 0 atom stereocenters. The lowest BCUT2D eigenvalue weighted by atomic mass is 10.2. The van der Waals surface area contributed by atoms with Crippen molar-refractivity contribution < 1.29 is 4.79 Å². The molecule has 0 spiro atoms. The van der Waals surface area contributed by atoms with Gasteiger partial charge in [0.1, 0.15) is 5.01 Å². The van der Waals surface area contributed by atoms with Crippen molar-refractivity contribution in [3.8, 4) is 10.6 Å². The second-order valence-electron chi connectivity index (χ2n) is 4.69. The first-order chi connectivity index (χ1) is 10.8. The molecule has 0 unspecified atom stereocenters. The SMILES string of the molecule is O=C(Cc1csc(-c2ccncc2)n1)NCc1cccnc1. The van der Waals surface area contributed by atoms with E-state index in [2.05, 4.69) is 20.3 Å². The number of aromatic nitrogens is 3. The fourth-order valence-corrected chi connectivity index (χ4v) is 2.77. The molecule has 0 saturated heterocycles. The van der Waals surface area contributed by atoms with Crippen LogP contribution in [0.4, 0.5) is 0 Å². The molecule has 0 bridgehead atoms. The van der Waals surface area contributed by atoms with E-state index in [1.165, 1.54) is 11.3 Å². The van der Waals surface area contributed by atoms with Crippen LogP contribution in [0.15, 0.2) is 54.4 Å². The fraction of sp³-hybridized carbons (Fsp3) is 0.125. The number of hydrogen-bond acceptors (Lipinski definition) is 5. The molecule has 3 heterocycles. The summed E-state index contributed by atoms with van der Waals surface area (Å²) >= 11 is 1.53. The Morgan fingerprint density at radius 2 is 2.00 bits per heavy atom. The number of amides is 1. The lowest BCUT2D eigenvalue weighted by Gasteiger charge is -2.03. The van der Waals surface area contributed by atoms with Gasteiger partial charge in [0.25, 0.3) is 0 Å². The zero-order chi connectivity index (χ0) is 15.2. The van der Waals surface area contributed by atoms with Crippen molar-refractivity contribution in [1.82, 2.24) is 20.3 Å². The molecule has 1 N–H and O–H groups in total. The second-order valence-corrected chi connectivity index (χ2v) is 5.55. The Balaban J connectivity index is 1.57. The normalized spacial score (nSPS) is 10.4. The van der Waals surface area contributed by atoms with Gasteiger partial charge in [-0.25, -0.2) is 4.98 Å². The minimum Gasteiger partial charge on any atom is -0.352 e. The first-order valence-corrected chi connectivity index (χ1v) is 7.69. The van der Waals surface area contributed by atoms with Crippen molar-refractivity contribution >= 4 is 17.2 Å². The van der Waals surface area contributed by atoms with Crippen molar-refractivity contribution in [3.05, 3.63) is 65.7 Å². The van der Waals surface area contributed by atoms with Crippen molar-refractivity contribution in [3.63, 3.8) is 0 Å². The molecule has 22 heavy (non-hydrogen) atoms. The van der Waals surface area contributed by atoms with Gasteiger partial charge in [0.15, 0.2) is 0 Å². The van der Waals surface area contributed by atoms with Crippen LogP contribution in [-0.2, 0) is 17.8 Å². The molecule has 6 heteroatoms. The van der Waals surface area contributed by atoms with E-state index >= 15 is 0 Å².